The van der Waals surface area contributed by atoms with E-state index in [0.29, 0.717) is 46.5 Å². The number of pyridine rings is 1. The SMILES string of the molecule is CNc1ncc(C2(c3ccc(Cl)cc3)OCCO2)cc1C(O)c1cccc(OC)c1. The van der Waals surface area contributed by atoms with Crippen LogP contribution in [-0.2, 0) is 15.3 Å². The van der Waals surface area contributed by atoms with Crippen molar-refractivity contribution in [3.63, 3.8) is 0 Å². The Morgan fingerprint density at radius 1 is 1.10 bits per heavy atom. The summed E-state index contributed by atoms with van der Waals surface area (Å²) in [5.74, 6) is 0.132. The molecule has 0 spiro atoms. The Kier molecular flexibility index (Phi) is 5.92. The summed E-state index contributed by atoms with van der Waals surface area (Å²) in [6.07, 6.45) is 0.784. The lowest BCUT2D eigenvalue weighted by Gasteiger charge is -2.29. The number of aliphatic hydroxyl groups is 1. The highest BCUT2D eigenvalue weighted by atomic mass is 35.5. The number of ether oxygens (including phenoxy) is 3. The van der Waals surface area contributed by atoms with E-state index in [4.69, 9.17) is 25.8 Å². The van der Waals surface area contributed by atoms with Gasteiger partial charge in [-0.15, -0.1) is 0 Å². The van der Waals surface area contributed by atoms with E-state index in [-0.39, 0.29) is 0 Å². The Labute approximate surface area is 180 Å². The van der Waals surface area contributed by atoms with Gasteiger partial charge in [-0.1, -0.05) is 35.9 Å². The number of halogens is 1. The van der Waals surface area contributed by atoms with Crippen LogP contribution in [0.15, 0.2) is 60.8 Å². The fourth-order valence-electron chi connectivity index (χ4n) is 3.65. The van der Waals surface area contributed by atoms with Gasteiger partial charge in [0.2, 0.25) is 5.79 Å². The van der Waals surface area contributed by atoms with Crippen molar-refractivity contribution in [2.75, 3.05) is 32.7 Å². The lowest BCUT2D eigenvalue weighted by atomic mass is 9.94. The summed E-state index contributed by atoms with van der Waals surface area (Å²) in [4.78, 5) is 4.53. The van der Waals surface area contributed by atoms with Gasteiger partial charge in [0.05, 0.1) is 20.3 Å². The minimum absolute atomic E-state index is 0.449. The maximum atomic E-state index is 11.1. The first-order valence-electron chi connectivity index (χ1n) is 9.61. The van der Waals surface area contributed by atoms with Crippen molar-refractivity contribution < 1.29 is 19.3 Å². The van der Waals surface area contributed by atoms with Crippen LogP contribution >= 0.6 is 11.6 Å². The minimum atomic E-state index is -1.10. The number of anilines is 1. The Bertz CT molecular complexity index is 1020. The van der Waals surface area contributed by atoms with Crippen LogP contribution in [0.25, 0.3) is 0 Å². The Hall–Kier alpha value is -2.64. The molecule has 0 radical (unpaired) electrons. The summed E-state index contributed by atoms with van der Waals surface area (Å²) in [6, 6.07) is 16.5. The van der Waals surface area contributed by atoms with E-state index >= 15 is 0 Å². The minimum Gasteiger partial charge on any atom is -0.497 e. The first kappa shape index (κ1) is 20.6. The molecule has 0 saturated carbocycles. The molecule has 0 aliphatic carbocycles. The van der Waals surface area contributed by atoms with E-state index in [1.807, 2.05) is 36.4 Å². The predicted octanol–water partition coefficient (Wildman–Crippen LogP) is 4.11. The monoisotopic (exact) mass is 426 g/mol. The van der Waals surface area contributed by atoms with Gasteiger partial charge in [0.1, 0.15) is 17.7 Å². The predicted molar refractivity (Wildman–Crippen MR) is 115 cm³/mol. The number of aliphatic hydroxyl groups excluding tert-OH is 1. The normalized spacial score (nSPS) is 16.3. The average molecular weight is 427 g/mol. The summed E-state index contributed by atoms with van der Waals surface area (Å²) in [6.45, 7) is 0.897. The Morgan fingerprint density at radius 3 is 2.50 bits per heavy atom. The highest BCUT2D eigenvalue weighted by Gasteiger charge is 2.41. The molecular weight excluding hydrogens is 404 g/mol. The standard InChI is InChI=1S/C23H23ClN2O4/c1-25-22-20(21(27)15-4-3-5-19(12-15)28-2)13-17(14-26-22)23(29-10-11-30-23)16-6-8-18(24)9-7-16/h3-9,12-14,21,27H,10-11H2,1-2H3,(H,25,26). The summed E-state index contributed by atoms with van der Waals surface area (Å²) < 4.78 is 17.4. The fraction of sp³-hybridized carbons (Fsp3) is 0.261. The topological polar surface area (TPSA) is 72.8 Å². The molecular formula is C23H23ClN2O4. The summed E-state index contributed by atoms with van der Waals surface area (Å²) in [7, 11) is 3.36. The van der Waals surface area contributed by atoms with Crippen LogP contribution in [0.4, 0.5) is 5.82 Å². The molecule has 1 fully saturated rings. The molecule has 0 bridgehead atoms. The zero-order valence-electron chi connectivity index (χ0n) is 16.8. The van der Waals surface area contributed by atoms with E-state index in [9.17, 15) is 5.11 Å². The van der Waals surface area contributed by atoms with E-state index in [2.05, 4.69) is 10.3 Å². The Balaban J connectivity index is 1.80. The van der Waals surface area contributed by atoms with Gasteiger partial charge >= 0.3 is 0 Å². The molecule has 4 rings (SSSR count). The highest BCUT2D eigenvalue weighted by Crippen LogP contribution is 2.41. The molecule has 2 heterocycles. The van der Waals surface area contributed by atoms with Gasteiger partial charge in [-0.3, -0.25) is 0 Å². The van der Waals surface area contributed by atoms with Crippen molar-refractivity contribution in [3.8, 4) is 5.75 Å². The molecule has 30 heavy (non-hydrogen) atoms. The molecule has 1 unspecified atom stereocenters. The third kappa shape index (κ3) is 3.75. The van der Waals surface area contributed by atoms with Crippen LogP contribution in [0, 0.1) is 0 Å². The van der Waals surface area contributed by atoms with Gasteiger partial charge in [-0.25, -0.2) is 4.98 Å². The maximum absolute atomic E-state index is 11.1. The molecule has 1 aliphatic heterocycles. The van der Waals surface area contributed by atoms with Crippen molar-refractivity contribution in [1.82, 2.24) is 4.98 Å². The van der Waals surface area contributed by atoms with Crippen molar-refractivity contribution >= 4 is 17.4 Å². The van der Waals surface area contributed by atoms with Gasteiger partial charge in [-0.2, -0.15) is 0 Å². The van der Waals surface area contributed by atoms with Crippen LogP contribution in [0.1, 0.15) is 28.4 Å². The van der Waals surface area contributed by atoms with Crippen molar-refractivity contribution in [3.05, 3.63) is 88.1 Å². The van der Waals surface area contributed by atoms with Crippen molar-refractivity contribution in [2.24, 2.45) is 0 Å². The van der Waals surface area contributed by atoms with Crippen molar-refractivity contribution in [1.29, 1.82) is 0 Å². The number of rotatable bonds is 6. The van der Waals surface area contributed by atoms with Gasteiger partial charge in [0.25, 0.3) is 0 Å². The summed E-state index contributed by atoms with van der Waals surface area (Å²) in [5.41, 5.74) is 2.80. The van der Waals surface area contributed by atoms with Crippen LogP contribution in [-0.4, -0.2) is 37.5 Å². The second-order valence-electron chi connectivity index (χ2n) is 6.91. The quantitative estimate of drug-likeness (QED) is 0.618. The number of benzene rings is 2. The van der Waals surface area contributed by atoms with E-state index in [1.54, 1.807) is 38.6 Å². The molecule has 1 atom stereocenters. The van der Waals surface area contributed by atoms with Gasteiger partial charge in [0.15, 0.2) is 0 Å². The molecule has 1 aliphatic rings. The highest BCUT2D eigenvalue weighted by molar-refractivity contribution is 6.30. The summed E-state index contributed by atoms with van der Waals surface area (Å²) in [5, 5.41) is 14.8. The lowest BCUT2D eigenvalue weighted by Crippen LogP contribution is -2.29. The molecule has 2 aromatic carbocycles. The average Bonchev–Trinajstić information content (AvgIpc) is 3.30. The third-order valence-corrected chi connectivity index (χ3v) is 5.41. The Morgan fingerprint density at radius 2 is 1.83 bits per heavy atom. The molecule has 3 aromatic rings. The van der Waals surface area contributed by atoms with Crippen LogP contribution in [0.3, 0.4) is 0 Å². The molecule has 6 nitrogen and oxygen atoms in total. The fourth-order valence-corrected chi connectivity index (χ4v) is 3.78. The molecule has 7 heteroatoms. The molecule has 1 aromatic heterocycles. The molecule has 156 valence electrons. The number of aromatic nitrogens is 1. The third-order valence-electron chi connectivity index (χ3n) is 5.16. The lowest BCUT2D eigenvalue weighted by molar-refractivity contribution is -0.130. The summed E-state index contributed by atoms with van der Waals surface area (Å²) >= 11 is 6.06. The number of methoxy groups -OCH3 is 1. The van der Waals surface area contributed by atoms with Gasteiger partial charge in [-0.05, 0) is 35.9 Å². The number of hydrogen-bond donors (Lipinski definition) is 2. The number of hydrogen-bond acceptors (Lipinski definition) is 6. The van der Waals surface area contributed by atoms with Crippen LogP contribution < -0.4 is 10.1 Å². The number of nitrogens with zero attached hydrogens (tertiary/aromatic N) is 1. The zero-order valence-corrected chi connectivity index (χ0v) is 17.5. The van der Waals surface area contributed by atoms with Crippen molar-refractivity contribution in [2.45, 2.75) is 11.9 Å². The second-order valence-corrected chi connectivity index (χ2v) is 7.35. The zero-order chi connectivity index (χ0) is 21.1. The molecule has 1 saturated heterocycles. The molecule has 0 amide bonds. The van der Waals surface area contributed by atoms with E-state index in [0.717, 1.165) is 5.56 Å². The van der Waals surface area contributed by atoms with E-state index < -0.39 is 11.9 Å². The van der Waals surface area contributed by atoms with Gasteiger partial charge in [0, 0.05) is 35.0 Å². The largest absolute Gasteiger partial charge is 0.497 e. The van der Waals surface area contributed by atoms with Gasteiger partial charge < -0.3 is 24.6 Å². The first-order valence-corrected chi connectivity index (χ1v) is 9.99. The maximum Gasteiger partial charge on any atom is 0.224 e. The van der Waals surface area contributed by atoms with Crippen LogP contribution in [0.2, 0.25) is 5.02 Å². The smallest absolute Gasteiger partial charge is 0.224 e. The van der Waals surface area contributed by atoms with Crippen LogP contribution in [0.5, 0.6) is 5.75 Å². The molecule has 2 N–H and O–H groups in total. The number of nitrogens with one attached hydrogen (secondary N) is 1. The van der Waals surface area contributed by atoms with E-state index in [1.165, 1.54) is 0 Å². The first-order chi connectivity index (χ1) is 14.6. The second kappa shape index (κ2) is 8.62.